The second-order valence-electron chi connectivity index (χ2n) is 3.75. The lowest BCUT2D eigenvalue weighted by Gasteiger charge is -2.03. The Hall–Kier alpha value is -0.940. The lowest BCUT2D eigenvalue weighted by Crippen LogP contribution is -1.95. The van der Waals surface area contributed by atoms with E-state index in [4.69, 9.17) is 0 Å². The molecule has 2 heterocycles. The maximum absolute atomic E-state index is 9.82. The first-order valence-electron chi connectivity index (χ1n) is 5.08. The number of hydrogen-bond acceptors (Lipinski definition) is 4. The smallest absolute Gasteiger partial charge is 0.217 e. The van der Waals surface area contributed by atoms with Crippen molar-refractivity contribution in [1.82, 2.24) is 9.97 Å². The van der Waals surface area contributed by atoms with Gasteiger partial charge in [0, 0.05) is 5.56 Å². The fourth-order valence-corrected chi connectivity index (χ4v) is 3.28. The predicted octanol–water partition coefficient (Wildman–Crippen LogP) is 3.16. The highest BCUT2D eigenvalue weighted by Crippen LogP contribution is 2.33. The average molecular weight is 297 g/mol. The summed E-state index contributed by atoms with van der Waals surface area (Å²) in [4.78, 5) is 9.66. The zero-order valence-corrected chi connectivity index (χ0v) is 10.8. The molecule has 2 aromatic heterocycles. The second kappa shape index (κ2) is 3.82. The first-order chi connectivity index (χ1) is 7.74. The van der Waals surface area contributed by atoms with Crippen molar-refractivity contribution >= 4 is 27.3 Å². The number of fused-ring (bicyclic) bond motifs is 1. The monoisotopic (exact) mass is 296 g/mol. The highest BCUT2D eigenvalue weighted by molar-refractivity contribution is 9.11. The number of aromatic hydroxyl groups is 1. The molecule has 0 aliphatic heterocycles. The molecule has 82 valence electrons. The van der Waals surface area contributed by atoms with Gasteiger partial charge in [-0.3, -0.25) is 0 Å². The second-order valence-corrected chi connectivity index (χ2v) is 6.22. The Morgan fingerprint density at radius 2 is 2.12 bits per heavy atom. The molecular weight excluding hydrogens is 288 g/mol. The first-order valence-corrected chi connectivity index (χ1v) is 6.69. The van der Waals surface area contributed by atoms with Crippen molar-refractivity contribution in [3.8, 4) is 16.6 Å². The summed E-state index contributed by atoms with van der Waals surface area (Å²) >= 11 is 4.99. The molecule has 0 unspecified atom stereocenters. The maximum atomic E-state index is 9.82. The quantitative estimate of drug-likeness (QED) is 0.879. The zero-order valence-electron chi connectivity index (χ0n) is 8.40. The van der Waals surface area contributed by atoms with E-state index in [0.717, 1.165) is 39.2 Å². The molecule has 1 aliphatic carbocycles. The highest BCUT2D eigenvalue weighted by atomic mass is 79.9. The van der Waals surface area contributed by atoms with Crippen LogP contribution in [-0.2, 0) is 12.8 Å². The van der Waals surface area contributed by atoms with E-state index in [0.29, 0.717) is 5.82 Å². The van der Waals surface area contributed by atoms with Crippen molar-refractivity contribution in [2.24, 2.45) is 0 Å². The largest absolute Gasteiger partial charge is 0.493 e. The summed E-state index contributed by atoms with van der Waals surface area (Å²) in [6, 6.07) is 3.93. The van der Waals surface area contributed by atoms with Crippen molar-refractivity contribution in [2.45, 2.75) is 19.3 Å². The molecule has 0 atom stereocenters. The molecule has 0 bridgehead atoms. The number of aromatic nitrogens is 2. The lowest BCUT2D eigenvalue weighted by atomic mass is 10.2. The van der Waals surface area contributed by atoms with Crippen molar-refractivity contribution < 1.29 is 5.11 Å². The lowest BCUT2D eigenvalue weighted by molar-refractivity contribution is 0.446. The number of halogens is 1. The van der Waals surface area contributed by atoms with Crippen LogP contribution in [0.3, 0.4) is 0 Å². The first kappa shape index (κ1) is 10.2. The van der Waals surface area contributed by atoms with E-state index in [1.54, 1.807) is 11.3 Å². The van der Waals surface area contributed by atoms with Crippen LogP contribution in [0.15, 0.2) is 15.9 Å². The predicted molar refractivity (Wildman–Crippen MR) is 66.7 cm³/mol. The van der Waals surface area contributed by atoms with Gasteiger partial charge in [0.05, 0.1) is 14.4 Å². The van der Waals surface area contributed by atoms with Crippen LogP contribution in [0.25, 0.3) is 10.7 Å². The molecule has 16 heavy (non-hydrogen) atoms. The number of rotatable bonds is 1. The molecule has 0 radical (unpaired) electrons. The molecule has 1 aliphatic rings. The Kier molecular flexibility index (Phi) is 2.44. The molecule has 0 aromatic carbocycles. The Balaban J connectivity index is 2.12. The van der Waals surface area contributed by atoms with Crippen LogP contribution in [0, 0.1) is 0 Å². The van der Waals surface area contributed by atoms with E-state index in [1.807, 2.05) is 12.1 Å². The van der Waals surface area contributed by atoms with Gasteiger partial charge in [-0.2, -0.15) is 4.98 Å². The van der Waals surface area contributed by atoms with Crippen LogP contribution in [-0.4, -0.2) is 15.1 Å². The van der Waals surface area contributed by atoms with Crippen molar-refractivity contribution in [1.29, 1.82) is 0 Å². The van der Waals surface area contributed by atoms with Crippen LogP contribution in [0.5, 0.6) is 5.88 Å². The molecule has 0 fully saturated rings. The fraction of sp³-hybridized carbons (Fsp3) is 0.273. The van der Waals surface area contributed by atoms with Gasteiger partial charge >= 0.3 is 0 Å². The Labute approximate surface area is 105 Å². The summed E-state index contributed by atoms with van der Waals surface area (Å²) in [6.07, 6.45) is 2.91. The van der Waals surface area contributed by atoms with Gasteiger partial charge in [-0.05, 0) is 47.3 Å². The molecule has 0 amide bonds. The summed E-state index contributed by atoms with van der Waals surface area (Å²) < 4.78 is 1.05. The highest BCUT2D eigenvalue weighted by Gasteiger charge is 2.19. The molecule has 1 N–H and O–H groups in total. The van der Waals surface area contributed by atoms with E-state index in [2.05, 4.69) is 25.9 Å². The standard InChI is InChI=1S/C11H9BrN2OS/c12-9-5-4-8(16-9)10-13-7-3-1-2-6(7)11(15)14-10/h4-5H,1-3H2,(H,13,14,15). The van der Waals surface area contributed by atoms with Crippen molar-refractivity contribution in [2.75, 3.05) is 0 Å². The number of hydrogen-bond donors (Lipinski definition) is 1. The third kappa shape index (κ3) is 1.64. The fourth-order valence-electron chi connectivity index (χ4n) is 1.96. The molecule has 2 aromatic rings. The number of thiophene rings is 1. The Morgan fingerprint density at radius 3 is 2.88 bits per heavy atom. The molecule has 0 saturated heterocycles. The summed E-state index contributed by atoms with van der Waals surface area (Å²) in [5.41, 5.74) is 1.94. The minimum absolute atomic E-state index is 0.155. The van der Waals surface area contributed by atoms with Gasteiger partial charge in [0.15, 0.2) is 5.82 Å². The number of aryl methyl sites for hydroxylation is 1. The normalized spacial score (nSPS) is 14.1. The SMILES string of the molecule is Oc1nc(-c2ccc(Br)s2)nc2c1CCC2. The van der Waals surface area contributed by atoms with E-state index < -0.39 is 0 Å². The zero-order chi connectivity index (χ0) is 11.1. The van der Waals surface area contributed by atoms with Crippen molar-refractivity contribution in [3.63, 3.8) is 0 Å². The van der Waals surface area contributed by atoms with E-state index >= 15 is 0 Å². The van der Waals surface area contributed by atoms with Gasteiger partial charge in [0.1, 0.15) is 0 Å². The van der Waals surface area contributed by atoms with Gasteiger partial charge in [0.25, 0.3) is 0 Å². The van der Waals surface area contributed by atoms with Crippen LogP contribution in [0.4, 0.5) is 0 Å². The molecule has 0 spiro atoms. The summed E-state index contributed by atoms with van der Waals surface area (Å²) in [6.45, 7) is 0. The van der Waals surface area contributed by atoms with E-state index in [1.165, 1.54) is 0 Å². The molecular formula is C11H9BrN2OS. The minimum Gasteiger partial charge on any atom is -0.493 e. The van der Waals surface area contributed by atoms with E-state index in [-0.39, 0.29) is 5.88 Å². The van der Waals surface area contributed by atoms with Gasteiger partial charge in [-0.15, -0.1) is 11.3 Å². The average Bonchev–Trinajstić information content (AvgIpc) is 2.85. The van der Waals surface area contributed by atoms with Crippen molar-refractivity contribution in [3.05, 3.63) is 27.2 Å². The summed E-state index contributed by atoms with van der Waals surface area (Å²) in [5.74, 6) is 0.788. The van der Waals surface area contributed by atoms with Crippen LogP contribution in [0.1, 0.15) is 17.7 Å². The molecule has 3 nitrogen and oxygen atoms in total. The minimum atomic E-state index is 0.155. The van der Waals surface area contributed by atoms with Crippen LogP contribution in [0.2, 0.25) is 0 Å². The van der Waals surface area contributed by atoms with Crippen LogP contribution >= 0.6 is 27.3 Å². The third-order valence-electron chi connectivity index (χ3n) is 2.70. The Morgan fingerprint density at radius 1 is 1.25 bits per heavy atom. The third-order valence-corrected chi connectivity index (χ3v) is 4.32. The molecule has 5 heteroatoms. The Bertz CT molecular complexity index is 553. The summed E-state index contributed by atoms with van der Waals surface area (Å²) in [7, 11) is 0. The van der Waals surface area contributed by atoms with Gasteiger partial charge in [0.2, 0.25) is 5.88 Å². The summed E-state index contributed by atoms with van der Waals surface area (Å²) in [5, 5.41) is 9.82. The van der Waals surface area contributed by atoms with Gasteiger partial charge < -0.3 is 5.11 Å². The maximum Gasteiger partial charge on any atom is 0.217 e. The van der Waals surface area contributed by atoms with Gasteiger partial charge in [-0.25, -0.2) is 4.98 Å². The number of nitrogens with zero attached hydrogens (tertiary/aromatic N) is 2. The molecule has 0 saturated carbocycles. The topological polar surface area (TPSA) is 46.0 Å². The molecule has 3 rings (SSSR count). The van der Waals surface area contributed by atoms with Crippen LogP contribution < -0.4 is 0 Å². The van der Waals surface area contributed by atoms with E-state index in [9.17, 15) is 5.11 Å². The van der Waals surface area contributed by atoms with Gasteiger partial charge in [-0.1, -0.05) is 0 Å².